The summed E-state index contributed by atoms with van der Waals surface area (Å²) >= 11 is 0. The number of hydrogen-bond acceptors (Lipinski definition) is 18. The largest absolute Gasteiger partial charge is 0.462 e. The fraction of sp³-hybridized carbons (Fsp3) is 0.714. The monoisotopic (exact) mass is 677 g/mol. The number of nitrogens with zero attached hydrogens (tertiary/aromatic N) is 2. The number of halogens is 1. The van der Waals surface area contributed by atoms with Crippen LogP contribution in [-0.2, 0) is 38.3 Å². The number of carbonyl (C=O) groups is 4. The number of ketones is 2. The van der Waals surface area contributed by atoms with Crippen molar-refractivity contribution < 1.29 is 78.9 Å². The van der Waals surface area contributed by atoms with Crippen LogP contribution in [0, 0.1) is 22.7 Å². The lowest BCUT2D eigenvalue weighted by Gasteiger charge is -2.62. The van der Waals surface area contributed by atoms with Gasteiger partial charge < -0.3 is 30.5 Å². The van der Waals surface area contributed by atoms with Gasteiger partial charge in [0.15, 0.2) is 23.7 Å². The molecule has 18 nitrogen and oxygen atoms in total. The molecule has 0 saturated heterocycles. The van der Waals surface area contributed by atoms with Crippen LogP contribution < -0.4 is 5.73 Å². The van der Waals surface area contributed by atoms with E-state index in [9.17, 15) is 34.5 Å². The van der Waals surface area contributed by atoms with Crippen LogP contribution in [0.3, 0.4) is 0 Å². The average Bonchev–Trinajstić information content (AvgIpc) is 3.19. The van der Waals surface area contributed by atoms with Crippen LogP contribution in [0.2, 0.25) is 0 Å². The molecule has 0 amide bonds. The number of esters is 2. The molecule has 0 heterocycles. The fourth-order valence-electron chi connectivity index (χ4n) is 7.98. The molecule has 0 aromatic rings. The predicted molar refractivity (Wildman–Crippen MR) is 146 cm³/mol. The van der Waals surface area contributed by atoms with Gasteiger partial charge in [-0.3, -0.25) is 40.0 Å². The number of aliphatic hydroxyl groups is 3. The molecule has 4 rings (SSSR count). The Morgan fingerprint density at radius 3 is 2.38 bits per heavy atom. The first-order valence-electron chi connectivity index (χ1n) is 14.8. The standard InChI is InChI=1S/C28H40FN3O15/c1-25-6-5-15(33)7-14(25)3-4-17-18-8-20(34)28(39,26(18,2)10-21(35)27(17,25)29)22(36)13-44-23(37)9-19(30)24(38)45-11-16(47-32(42)43)12-46-31(40)41/h5-7,16-21,34-35,39-43H,3-4,8-13,30H2,1-2H3/t16?,17-,18-,19?,20+,21-,25-,26-,27-,28-/m0/s1. The molecule has 47 heavy (non-hydrogen) atoms. The molecule has 0 bridgehead atoms. The first kappa shape index (κ1) is 37.0. The predicted octanol–water partition coefficient (Wildman–Crippen LogP) is -1.18. The number of Topliss-reactive ketones (excluding diaryl/α,β-unsaturated/α-hetero) is 1. The summed E-state index contributed by atoms with van der Waals surface area (Å²) in [5.41, 5.74) is -1.48. The second-order valence-corrected chi connectivity index (χ2v) is 12.8. The summed E-state index contributed by atoms with van der Waals surface area (Å²) in [5, 5.41) is 67.4. The normalized spacial score (nSPS) is 37.5. The average molecular weight is 678 g/mol. The van der Waals surface area contributed by atoms with Crippen molar-refractivity contribution in [1.29, 1.82) is 0 Å². The van der Waals surface area contributed by atoms with Crippen LogP contribution >= 0.6 is 0 Å². The van der Waals surface area contributed by atoms with E-state index in [1.54, 1.807) is 6.92 Å². The lowest BCUT2D eigenvalue weighted by atomic mass is 9.44. The molecule has 4 aliphatic carbocycles. The maximum atomic E-state index is 17.2. The molecule has 0 aliphatic heterocycles. The van der Waals surface area contributed by atoms with Crippen molar-refractivity contribution in [3.63, 3.8) is 0 Å². The van der Waals surface area contributed by atoms with Gasteiger partial charge in [-0.05, 0) is 50.7 Å². The summed E-state index contributed by atoms with van der Waals surface area (Å²) < 4.78 is 27.0. The van der Waals surface area contributed by atoms with Crippen LogP contribution in [0.4, 0.5) is 4.39 Å². The van der Waals surface area contributed by atoms with Crippen LogP contribution in [0.15, 0.2) is 23.8 Å². The van der Waals surface area contributed by atoms with Crippen molar-refractivity contribution in [2.75, 3.05) is 19.8 Å². The highest BCUT2D eigenvalue weighted by atomic mass is 19.1. The number of alkyl halides is 1. The maximum absolute atomic E-state index is 17.2. The molecule has 264 valence electrons. The van der Waals surface area contributed by atoms with Gasteiger partial charge in [-0.25, -0.2) is 14.1 Å². The van der Waals surface area contributed by atoms with E-state index in [1.807, 2.05) is 0 Å². The molecule has 0 radical (unpaired) electrons. The van der Waals surface area contributed by atoms with E-state index in [-0.39, 0.29) is 18.6 Å². The van der Waals surface area contributed by atoms with E-state index in [0.717, 1.165) is 0 Å². The number of rotatable bonds is 13. The van der Waals surface area contributed by atoms with Crippen LogP contribution in [-0.4, -0.2) is 126 Å². The zero-order valence-corrected chi connectivity index (χ0v) is 25.6. The van der Waals surface area contributed by atoms with Gasteiger partial charge in [0.25, 0.3) is 0 Å². The molecule has 10 atom stereocenters. The Morgan fingerprint density at radius 1 is 1.06 bits per heavy atom. The number of hydrogen-bond donors (Lipinski definition) is 8. The molecule has 0 aromatic carbocycles. The SMILES string of the molecule is C[C@]12C=CC(=O)C=C1CC[C@H]1[C@@H]3C[C@@H](O)[C@](O)(C(=O)COC(=O)CC(N)C(=O)OCC(CON(O)O)ON(O)O)[C@@]3(C)C[C@H](O)[C@@]12F. The van der Waals surface area contributed by atoms with E-state index in [4.69, 9.17) is 36.0 Å². The van der Waals surface area contributed by atoms with Gasteiger partial charge in [-0.2, -0.15) is 0 Å². The van der Waals surface area contributed by atoms with E-state index in [1.165, 1.54) is 25.2 Å². The van der Waals surface area contributed by atoms with Crippen molar-refractivity contribution in [3.05, 3.63) is 23.8 Å². The smallest absolute Gasteiger partial charge is 0.323 e. The minimum atomic E-state index is -2.54. The first-order valence-corrected chi connectivity index (χ1v) is 14.8. The Balaban J connectivity index is 1.39. The molecule has 3 fully saturated rings. The number of fused-ring (bicyclic) bond motifs is 5. The van der Waals surface area contributed by atoms with Crippen LogP contribution in [0.5, 0.6) is 0 Å². The van der Waals surface area contributed by atoms with E-state index in [0.29, 0.717) is 12.0 Å². The second kappa shape index (κ2) is 13.6. The summed E-state index contributed by atoms with van der Waals surface area (Å²) in [6, 6.07) is -1.66. The van der Waals surface area contributed by atoms with Crippen LogP contribution in [0.1, 0.15) is 46.0 Å². The number of ether oxygens (including phenoxy) is 2. The molecule has 4 aliphatic rings. The van der Waals surface area contributed by atoms with Gasteiger partial charge in [-0.15, -0.1) is 0 Å². The Kier molecular flexibility index (Phi) is 10.7. The molecular formula is C28H40FN3O15. The minimum Gasteiger partial charge on any atom is -0.462 e. The van der Waals surface area contributed by atoms with E-state index in [2.05, 4.69) is 9.68 Å². The van der Waals surface area contributed by atoms with Crippen LogP contribution in [0.25, 0.3) is 0 Å². The van der Waals surface area contributed by atoms with Crippen molar-refractivity contribution in [1.82, 2.24) is 10.8 Å². The highest BCUT2D eigenvalue weighted by molar-refractivity contribution is 6.01. The first-order chi connectivity index (χ1) is 21.8. The zero-order valence-electron chi connectivity index (χ0n) is 25.6. The summed E-state index contributed by atoms with van der Waals surface area (Å²) in [5.74, 6) is -5.46. The highest BCUT2D eigenvalue weighted by Crippen LogP contribution is 2.69. The molecule has 9 N–H and O–H groups in total. The molecule has 0 aromatic heterocycles. The zero-order chi connectivity index (χ0) is 35.1. The topological polar surface area (TPSA) is 279 Å². The van der Waals surface area contributed by atoms with Crippen molar-refractivity contribution in [3.8, 4) is 0 Å². The summed E-state index contributed by atoms with van der Waals surface area (Å²) in [6.45, 7) is 0.493. The van der Waals surface area contributed by atoms with Gasteiger partial charge in [0.2, 0.25) is 5.78 Å². The third kappa shape index (κ3) is 6.51. The molecular weight excluding hydrogens is 637 g/mol. The van der Waals surface area contributed by atoms with E-state index < -0.39 is 119 Å². The molecule has 19 heteroatoms. The number of nitrogens with two attached hydrogens (primary N) is 1. The summed E-state index contributed by atoms with van der Waals surface area (Å²) in [6.07, 6.45) is -1.72. The Hall–Kier alpha value is -2.79. The Bertz CT molecular complexity index is 1310. The third-order valence-corrected chi connectivity index (χ3v) is 10.4. The summed E-state index contributed by atoms with van der Waals surface area (Å²) in [7, 11) is 0. The van der Waals surface area contributed by atoms with E-state index >= 15 is 4.39 Å². The number of carbonyl (C=O) groups excluding carboxylic acids is 4. The molecule has 2 unspecified atom stereocenters. The third-order valence-electron chi connectivity index (χ3n) is 10.4. The fourth-order valence-corrected chi connectivity index (χ4v) is 7.98. The quantitative estimate of drug-likeness (QED) is 0.0841. The van der Waals surface area contributed by atoms with Gasteiger partial charge in [-0.1, -0.05) is 18.6 Å². The second-order valence-electron chi connectivity index (χ2n) is 12.8. The molecule has 0 spiro atoms. The highest BCUT2D eigenvalue weighted by Gasteiger charge is 2.76. The van der Waals surface area contributed by atoms with Gasteiger partial charge in [0.05, 0.1) is 29.4 Å². The van der Waals surface area contributed by atoms with Crippen molar-refractivity contribution in [2.24, 2.45) is 28.4 Å². The lowest BCUT2D eigenvalue weighted by molar-refractivity contribution is -0.527. The van der Waals surface area contributed by atoms with Gasteiger partial charge in [0.1, 0.15) is 25.4 Å². The number of allylic oxidation sites excluding steroid dienone is 4. The Morgan fingerprint density at radius 2 is 1.74 bits per heavy atom. The summed E-state index contributed by atoms with van der Waals surface area (Å²) in [4.78, 5) is 58.8. The minimum absolute atomic E-state index is 0.182. The molecule has 3 saturated carbocycles. The van der Waals surface area contributed by atoms with Crippen molar-refractivity contribution in [2.45, 2.75) is 81.6 Å². The maximum Gasteiger partial charge on any atom is 0.323 e. The lowest BCUT2D eigenvalue weighted by Crippen LogP contribution is -2.69. The number of aliphatic hydroxyl groups excluding tert-OH is 2. The van der Waals surface area contributed by atoms with Gasteiger partial charge >= 0.3 is 11.9 Å². The van der Waals surface area contributed by atoms with Gasteiger partial charge in [0, 0.05) is 16.7 Å². The Labute approximate surface area is 267 Å². The van der Waals surface area contributed by atoms with Crippen molar-refractivity contribution >= 4 is 23.5 Å².